The lowest BCUT2D eigenvalue weighted by Crippen LogP contribution is -2.30. The van der Waals surface area contributed by atoms with Gasteiger partial charge in [0.05, 0.1) is 11.3 Å². The van der Waals surface area contributed by atoms with E-state index in [-0.39, 0.29) is 11.4 Å². The van der Waals surface area contributed by atoms with Gasteiger partial charge < -0.3 is 0 Å². The van der Waals surface area contributed by atoms with Crippen molar-refractivity contribution in [3.05, 3.63) is 76.7 Å². The highest BCUT2D eigenvalue weighted by Crippen LogP contribution is 2.31. The Hall–Kier alpha value is -2.55. The van der Waals surface area contributed by atoms with Gasteiger partial charge in [0.1, 0.15) is 11.3 Å². The molecule has 0 saturated carbocycles. The zero-order valence-corrected chi connectivity index (χ0v) is 16.1. The Morgan fingerprint density at radius 3 is 2.54 bits per heavy atom. The van der Waals surface area contributed by atoms with Crippen molar-refractivity contribution in [3.63, 3.8) is 0 Å². The molecule has 0 atom stereocenters. The summed E-state index contributed by atoms with van der Waals surface area (Å²) in [6.45, 7) is 10.4. The van der Waals surface area contributed by atoms with Crippen molar-refractivity contribution in [3.8, 4) is 0 Å². The maximum absolute atomic E-state index is 13.9. The topological polar surface area (TPSA) is 25.2 Å². The van der Waals surface area contributed by atoms with Gasteiger partial charge in [-0.05, 0) is 50.5 Å². The number of nitrogens with zero attached hydrogens (tertiary/aromatic N) is 2. The first-order valence-corrected chi connectivity index (χ1v) is 9.18. The number of fused-ring (bicyclic) bond motifs is 2. The van der Waals surface area contributed by atoms with E-state index >= 15 is 0 Å². The van der Waals surface area contributed by atoms with Crippen LogP contribution in [0.1, 0.15) is 49.9 Å². The fraction of sp³-hybridized carbons (Fsp3) is 0.304. The molecule has 1 aliphatic rings. The first kappa shape index (κ1) is 18.2. The highest BCUT2D eigenvalue weighted by Gasteiger charge is 2.28. The third-order valence-electron chi connectivity index (χ3n) is 4.62. The van der Waals surface area contributed by atoms with Crippen molar-refractivity contribution < 1.29 is 4.39 Å². The van der Waals surface area contributed by atoms with Gasteiger partial charge in [0.15, 0.2) is 0 Å². The number of hydrogen-bond donors (Lipinski definition) is 0. The first-order valence-electron chi connectivity index (χ1n) is 9.18. The Balaban J connectivity index is 0.000000948. The minimum absolute atomic E-state index is 0.161. The quantitative estimate of drug-likeness (QED) is 0.539. The Kier molecular flexibility index (Phi) is 4.90. The lowest BCUT2D eigenvalue weighted by Gasteiger charge is -2.30. The second-order valence-corrected chi connectivity index (χ2v) is 7.09. The SMILES string of the molecule is CC.Cc1cccc2c1CC(C)(C)N=C2c1cnc2c(F)cccc2c1. The summed E-state index contributed by atoms with van der Waals surface area (Å²) in [5.41, 5.74) is 5.91. The standard InChI is InChI=1S/C21H19FN2.C2H6/c1-13-6-4-8-16-17(13)11-21(2,3)24-19(16)15-10-14-7-5-9-18(22)20(14)23-12-15;1-2/h4-10,12H,11H2,1-3H3;1-2H3. The Bertz CT molecular complexity index is 987. The number of aliphatic imine (C=N–C) groups is 1. The van der Waals surface area contributed by atoms with Crippen LogP contribution in [0.3, 0.4) is 0 Å². The predicted molar refractivity (Wildman–Crippen MR) is 108 cm³/mol. The molecule has 134 valence electrons. The van der Waals surface area contributed by atoms with Crippen LogP contribution >= 0.6 is 0 Å². The molecule has 1 aliphatic heterocycles. The van der Waals surface area contributed by atoms with Crippen LogP contribution in [0.4, 0.5) is 4.39 Å². The van der Waals surface area contributed by atoms with Crippen LogP contribution in [-0.4, -0.2) is 16.2 Å². The number of pyridine rings is 1. The second kappa shape index (κ2) is 6.99. The Morgan fingerprint density at radius 2 is 1.77 bits per heavy atom. The van der Waals surface area contributed by atoms with Crippen molar-refractivity contribution in [1.82, 2.24) is 4.98 Å². The van der Waals surface area contributed by atoms with E-state index < -0.39 is 0 Å². The number of halogens is 1. The molecule has 2 aromatic carbocycles. The number of hydrogen-bond acceptors (Lipinski definition) is 2. The van der Waals surface area contributed by atoms with Gasteiger partial charge in [-0.25, -0.2) is 4.39 Å². The second-order valence-electron chi connectivity index (χ2n) is 7.09. The zero-order valence-electron chi connectivity index (χ0n) is 16.1. The van der Waals surface area contributed by atoms with Crippen molar-refractivity contribution >= 4 is 16.6 Å². The molecule has 0 radical (unpaired) electrons. The normalized spacial score (nSPS) is 14.9. The largest absolute Gasteiger partial charge is 0.278 e. The summed E-state index contributed by atoms with van der Waals surface area (Å²) in [6, 6.07) is 13.4. The summed E-state index contributed by atoms with van der Waals surface area (Å²) in [5, 5.41) is 0.799. The van der Waals surface area contributed by atoms with E-state index in [2.05, 4.69) is 44.0 Å². The number of aromatic nitrogens is 1. The fourth-order valence-electron chi connectivity index (χ4n) is 3.47. The van der Waals surface area contributed by atoms with Gasteiger partial charge in [-0.15, -0.1) is 0 Å². The molecule has 0 aliphatic carbocycles. The molecule has 2 heterocycles. The maximum Gasteiger partial charge on any atom is 0.149 e. The van der Waals surface area contributed by atoms with Gasteiger partial charge in [0.25, 0.3) is 0 Å². The van der Waals surface area contributed by atoms with Gasteiger partial charge in [-0.2, -0.15) is 0 Å². The molecule has 0 bridgehead atoms. The molecule has 1 aromatic heterocycles. The van der Waals surface area contributed by atoms with Crippen LogP contribution in [0.2, 0.25) is 0 Å². The molecule has 0 N–H and O–H groups in total. The van der Waals surface area contributed by atoms with Crippen LogP contribution in [0, 0.1) is 12.7 Å². The number of benzene rings is 2. The molecule has 0 saturated heterocycles. The van der Waals surface area contributed by atoms with Crippen LogP contribution in [-0.2, 0) is 6.42 Å². The van der Waals surface area contributed by atoms with Gasteiger partial charge in [-0.1, -0.05) is 44.2 Å². The summed E-state index contributed by atoms with van der Waals surface area (Å²) in [4.78, 5) is 9.32. The van der Waals surface area contributed by atoms with Crippen LogP contribution in [0.25, 0.3) is 10.9 Å². The molecule has 3 heteroatoms. The van der Waals surface area contributed by atoms with E-state index in [0.717, 1.165) is 28.6 Å². The van der Waals surface area contributed by atoms with E-state index in [9.17, 15) is 4.39 Å². The van der Waals surface area contributed by atoms with Gasteiger partial charge in [0.2, 0.25) is 0 Å². The van der Waals surface area contributed by atoms with Crippen LogP contribution in [0.15, 0.2) is 53.7 Å². The van der Waals surface area contributed by atoms with Crippen molar-refractivity contribution in [2.45, 2.75) is 46.6 Å². The Morgan fingerprint density at radius 1 is 1.04 bits per heavy atom. The fourth-order valence-corrected chi connectivity index (χ4v) is 3.47. The highest BCUT2D eigenvalue weighted by atomic mass is 19.1. The Labute approximate surface area is 154 Å². The minimum Gasteiger partial charge on any atom is -0.278 e. The number of aryl methyl sites for hydroxylation is 1. The maximum atomic E-state index is 13.9. The minimum atomic E-state index is -0.291. The monoisotopic (exact) mass is 348 g/mol. The molecular formula is C23H25FN2. The summed E-state index contributed by atoms with van der Waals surface area (Å²) in [7, 11) is 0. The average Bonchev–Trinajstić information content (AvgIpc) is 2.63. The lowest BCUT2D eigenvalue weighted by atomic mass is 9.83. The van der Waals surface area contributed by atoms with Gasteiger partial charge >= 0.3 is 0 Å². The van der Waals surface area contributed by atoms with E-state index in [4.69, 9.17) is 4.99 Å². The van der Waals surface area contributed by atoms with E-state index in [0.29, 0.717) is 5.52 Å². The molecule has 0 amide bonds. The average molecular weight is 348 g/mol. The molecule has 0 unspecified atom stereocenters. The molecule has 0 spiro atoms. The van der Waals surface area contributed by atoms with Gasteiger partial charge in [-0.3, -0.25) is 9.98 Å². The third kappa shape index (κ3) is 3.26. The van der Waals surface area contributed by atoms with Crippen LogP contribution < -0.4 is 0 Å². The third-order valence-corrected chi connectivity index (χ3v) is 4.62. The van der Waals surface area contributed by atoms with Crippen molar-refractivity contribution in [2.75, 3.05) is 0 Å². The highest BCUT2D eigenvalue weighted by molar-refractivity contribution is 6.15. The molecule has 2 nitrogen and oxygen atoms in total. The predicted octanol–water partition coefficient (Wildman–Crippen LogP) is 5.88. The summed E-state index contributed by atoms with van der Waals surface area (Å²) < 4.78 is 13.9. The van der Waals surface area contributed by atoms with E-state index in [1.165, 1.54) is 17.2 Å². The number of para-hydroxylation sites is 1. The van der Waals surface area contributed by atoms with Crippen molar-refractivity contribution in [2.24, 2.45) is 4.99 Å². The molecule has 0 fully saturated rings. The molecular weight excluding hydrogens is 323 g/mol. The summed E-state index contributed by atoms with van der Waals surface area (Å²) in [5.74, 6) is -0.291. The van der Waals surface area contributed by atoms with Gasteiger partial charge in [0, 0.05) is 22.7 Å². The first-order chi connectivity index (χ1) is 12.4. The smallest absolute Gasteiger partial charge is 0.149 e. The zero-order chi connectivity index (χ0) is 18.9. The number of rotatable bonds is 1. The lowest BCUT2D eigenvalue weighted by molar-refractivity contribution is 0.512. The molecule has 4 rings (SSSR count). The van der Waals surface area contributed by atoms with E-state index in [1.807, 2.05) is 26.0 Å². The summed E-state index contributed by atoms with van der Waals surface area (Å²) >= 11 is 0. The van der Waals surface area contributed by atoms with E-state index in [1.54, 1.807) is 12.3 Å². The van der Waals surface area contributed by atoms with Crippen molar-refractivity contribution in [1.29, 1.82) is 0 Å². The molecule has 3 aromatic rings. The summed E-state index contributed by atoms with van der Waals surface area (Å²) in [6.07, 6.45) is 2.66. The molecule has 26 heavy (non-hydrogen) atoms. The van der Waals surface area contributed by atoms with Crippen LogP contribution in [0.5, 0.6) is 0 Å².